The molecular formula is C12H17ClFNO2S. The second kappa shape index (κ2) is 6.50. The van der Waals surface area contributed by atoms with Crippen LogP contribution in [0.1, 0.15) is 25.5 Å². The summed E-state index contributed by atoms with van der Waals surface area (Å²) in [6, 6.07) is 5.41. The van der Waals surface area contributed by atoms with Gasteiger partial charge in [-0.15, -0.1) is 11.6 Å². The number of rotatable bonds is 6. The van der Waals surface area contributed by atoms with E-state index in [1.807, 2.05) is 0 Å². The fourth-order valence-electron chi connectivity index (χ4n) is 1.58. The molecule has 0 aliphatic heterocycles. The molecule has 0 amide bonds. The second-order valence-electron chi connectivity index (χ2n) is 4.44. The zero-order chi connectivity index (χ0) is 13.8. The summed E-state index contributed by atoms with van der Waals surface area (Å²) in [6.45, 7) is 3.44. The van der Waals surface area contributed by atoms with Crippen LogP contribution < -0.4 is 4.72 Å². The van der Waals surface area contributed by atoms with Crippen molar-refractivity contribution in [1.82, 2.24) is 4.72 Å². The Hall–Kier alpha value is -0.650. The number of alkyl halides is 1. The summed E-state index contributed by atoms with van der Waals surface area (Å²) in [5.74, 6) is -0.248. The summed E-state index contributed by atoms with van der Waals surface area (Å²) < 4.78 is 39.2. The Bertz CT molecular complexity index is 493. The first kappa shape index (κ1) is 15.4. The maximum absolute atomic E-state index is 13.0. The van der Waals surface area contributed by atoms with Gasteiger partial charge < -0.3 is 0 Å². The molecule has 0 fully saturated rings. The molecule has 0 saturated heterocycles. The van der Waals surface area contributed by atoms with Gasteiger partial charge in [-0.3, -0.25) is 0 Å². The van der Waals surface area contributed by atoms with E-state index in [2.05, 4.69) is 4.72 Å². The van der Waals surface area contributed by atoms with E-state index in [4.69, 9.17) is 11.6 Å². The van der Waals surface area contributed by atoms with Crippen molar-refractivity contribution in [3.05, 3.63) is 35.6 Å². The van der Waals surface area contributed by atoms with Crippen molar-refractivity contribution in [3.8, 4) is 0 Å². The molecule has 0 aliphatic rings. The first-order valence-corrected chi connectivity index (χ1v) is 7.84. The SMILES string of the molecule is CC(CCl)CS(=O)(=O)N[C@H](C)c1cccc(F)c1. The molecule has 1 aromatic carbocycles. The fourth-order valence-corrected chi connectivity index (χ4v) is 3.46. The van der Waals surface area contributed by atoms with Crippen molar-refractivity contribution in [3.63, 3.8) is 0 Å². The molecule has 0 spiro atoms. The highest BCUT2D eigenvalue weighted by atomic mass is 35.5. The van der Waals surface area contributed by atoms with Crippen molar-refractivity contribution < 1.29 is 12.8 Å². The molecule has 2 atom stereocenters. The lowest BCUT2D eigenvalue weighted by atomic mass is 10.1. The van der Waals surface area contributed by atoms with Gasteiger partial charge >= 0.3 is 0 Å². The maximum Gasteiger partial charge on any atom is 0.212 e. The molecule has 0 bridgehead atoms. The summed E-state index contributed by atoms with van der Waals surface area (Å²) in [4.78, 5) is 0. The molecule has 102 valence electrons. The lowest BCUT2D eigenvalue weighted by Crippen LogP contribution is -2.31. The van der Waals surface area contributed by atoms with Gasteiger partial charge in [0.15, 0.2) is 0 Å². The summed E-state index contributed by atoms with van der Waals surface area (Å²) in [6.07, 6.45) is 0. The molecule has 6 heteroatoms. The topological polar surface area (TPSA) is 46.2 Å². The summed E-state index contributed by atoms with van der Waals surface area (Å²) in [5.41, 5.74) is 0.595. The molecule has 0 heterocycles. The Balaban J connectivity index is 2.72. The number of nitrogens with one attached hydrogen (secondary N) is 1. The molecule has 3 nitrogen and oxygen atoms in total. The summed E-state index contributed by atoms with van der Waals surface area (Å²) >= 11 is 5.59. The van der Waals surface area contributed by atoms with E-state index < -0.39 is 16.1 Å². The molecule has 0 aromatic heterocycles. The third-order valence-electron chi connectivity index (χ3n) is 2.47. The quantitative estimate of drug-likeness (QED) is 0.820. The van der Waals surface area contributed by atoms with E-state index in [-0.39, 0.29) is 23.4 Å². The van der Waals surface area contributed by atoms with Crippen LogP contribution in [0.25, 0.3) is 0 Å². The Labute approximate surface area is 112 Å². The molecular weight excluding hydrogens is 277 g/mol. The van der Waals surface area contributed by atoms with E-state index in [0.717, 1.165) is 0 Å². The predicted molar refractivity (Wildman–Crippen MR) is 71.6 cm³/mol. The normalized spacial score (nSPS) is 15.3. The van der Waals surface area contributed by atoms with Crippen LogP contribution in [0.2, 0.25) is 0 Å². The average Bonchev–Trinajstić information content (AvgIpc) is 2.27. The Morgan fingerprint density at radius 3 is 2.61 bits per heavy atom. The zero-order valence-corrected chi connectivity index (χ0v) is 11.9. The number of hydrogen-bond donors (Lipinski definition) is 1. The molecule has 1 N–H and O–H groups in total. The van der Waals surface area contributed by atoms with E-state index in [9.17, 15) is 12.8 Å². The zero-order valence-electron chi connectivity index (χ0n) is 10.4. The van der Waals surface area contributed by atoms with Crippen molar-refractivity contribution in [1.29, 1.82) is 0 Å². The van der Waals surface area contributed by atoms with Crippen LogP contribution >= 0.6 is 11.6 Å². The Morgan fingerprint density at radius 2 is 2.06 bits per heavy atom. The molecule has 1 unspecified atom stereocenters. The minimum atomic E-state index is -3.41. The lowest BCUT2D eigenvalue weighted by molar-refractivity contribution is 0.553. The number of hydrogen-bond acceptors (Lipinski definition) is 2. The molecule has 1 aromatic rings. The third-order valence-corrected chi connectivity index (χ3v) is 4.72. The van der Waals surface area contributed by atoms with Gasteiger partial charge in [0.2, 0.25) is 10.0 Å². The molecule has 0 saturated carbocycles. The maximum atomic E-state index is 13.0. The Morgan fingerprint density at radius 1 is 1.39 bits per heavy atom. The molecule has 18 heavy (non-hydrogen) atoms. The number of sulfonamides is 1. The van der Waals surface area contributed by atoms with E-state index in [0.29, 0.717) is 5.56 Å². The van der Waals surface area contributed by atoms with Crippen molar-refractivity contribution in [2.45, 2.75) is 19.9 Å². The largest absolute Gasteiger partial charge is 0.212 e. The van der Waals surface area contributed by atoms with Crippen LogP contribution in [0.3, 0.4) is 0 Å². The average molecular weight is 294 g/mol. The predicted octanol–water partition coefficient (Wildman–Crippen LogP) is 2.68. The smallest absolute Gasteiger partial charge is 0.212 e. The van der Waals surface area contributed by atoms with Crippen molar-refractivity contribution in [2.24, 2.45) is 5.92 Å². The molecule has 1 rings (SSSR count). The van der Waals surface area contributed by atoms with Crippen LogP contribution in [0.15, 0.2) is 24.3 Å². The lowest BCUT2D eigenvalue weighted by Gasteiger charge is -2.16. The highest BCUT2D eigenvalue weighted by Crippen LogP contribution is 2.15. The van der Waals surface area contributed by atoms with Gasteiger partial charge in [0.1, 0.15) is 5.82 Å². The highest BCUT2D eigenvalue weighted by molar-refractivity contribution is 7.89. The van der Waals surface area contributed by atoms with Gasteiger partial charge in [0.25, 0.3) is 0 Å². The first-order chi connectivity index (χ1) is 8.34. The molecule has 0 aliphatic carbocycles. The molecule has 0 radical (unpaired) electrons. The van der Waals surface area contributed by atoms with Crippen LogP contribution in [-0.2, 0) is 10.0 Å². The van der Waals surface area contributed by atoms with Gasteiger partial charge in [0, 0.05) is 11.9 Å². The van der Waals surface area contributed by atoms with Gasteiger partial charge in [0.05, 0.1) is 5.75 Å². The van der Waals surface area contributed by atoms with E-state index >= 15 is 0 Å². The highest BCUT2D eigenvalue weighted by Gasteiger charge is 2.18. The number of benzene rings is 1. The second-order valence-corrected chi connectivity index (χ2v) is 6.54. The van der Waals surface area contributed by atoms with Gasteiger partial charge in [-0.25, -0.2) is 17.5 Å². The minimum absolute atomic E-state index is 0.0316. The van der Waals surface area contributed by atoms with E-state index in [1.165, 1.54) is 12.1 Å². The minimum Gasteiger partial charge on any atom is -0.212 e. The monoisotopic (exact) mass is 293 g/mol. The number of halogens is 2. The van der Waals surface area contributed by atoms with Crippen LogP contribution in [0, 0.1) is 11.7 Å². The first-order valence-electron chi connectivity index (χ1n) is 5.65. The van der Waals surface area contributed by atoms with Gasteiger partial charge in [-0.05, 0) is 30.5 Å². The Kier molecular flexibility index (Phi) is 5.56. The fraction of sp³-hybridized carbons (Fsp3) is 0.500. The van der Waals surface area contributed by atoms with Crippen molar-refractivity contribution >= 4 is 21.6 Å². The van der Waals surface area contributed by atoms with Gasteiger partial charge in [-0.2, -0.15) is 0 Å². The summed E-state index contributed by atoms with van der Waals surface area (Å²) in [5, 5.41) is 0. The van der Waals surface area contributed by atoms with E-state index in [1.54, 1.807) is 26.0 Å². The van der Waals surface area contributed by atoms with Crippen LogP contribution in [-0.4, -0.2) is 20.1 Å². The van der Waals surface area contributed by atoms with Crippen molar-refractivity contribution in [2.75, 3.05) is 11.6 Å². The van der Waals surface area contributed by atoms with Crippen LogP contribution in [0.4, 0.5) is 4.39 Å². The van der Waals surface area contributed by atoms with Crippen LogP contribution in [0.5, 0.6) is 0 Å². The standard InChI is InChI=1S/C12H17ClFNO2S/c1-9(7-13)8-18(16,17)15-10(2)11-4-3-5-12(14)6-11/h3-6,9-10,15H,7-8H2,1-2H3/t9?,10-/m1/s1. The third kappa shape index (κ3) is 4.92. The summed E-state index contributed by atoms with van der Waals surface area (Å²) in [7, 11) is -3.41. The van der Waals surface area contributed by atoms with Gasteiger partial charge in [-0.1, -0.05) is 19.1 Å².